The molecule has 2 N–H and O–H groups in total. The number of carboxylic acids is 1. The van der Waals surface area contributed by atoms with E-state index >= 15 is 0 Å². The molecule has 0 radical (unpaired) electrons. The number of amides is 2. The highest BCUT2D eigenvalue weighted by atomic mass is 35.5. The molecule has 2 amide bonds. The summed E-state index contributed by atoms with van der Waals surface area (Å²) >= 11 is 12.4. The third kappa shape index (κ3) is 4.47. The molecule has 1 atom stereocenters. The molecule has 1 aliphatic heterocycles. The SMILES string of the molecule is O=C(O)c1ccc(CN2C(=O)c3ccc(Cl)cc3NC(=O)[C@H]2Cc2ccccc2Cl)cc1. The molecule has 0 saturated carbocycles. The molecule has 0 unspecified atom stereocenters. The van der Waals surface area contributed by atoms with Gasteiger partial charge in [-0.2, -0.15) is 0 Å². The Hall–Kier alpha value is -3.35. The normalized spacial score (nSPS) is 15.7. The Morgan fingerprint density at radius 1 is 1.00 bits per heavy atom. The Morgan fingerprint density at radius 3 is 2.41 bits per heavy atom. The average Bonchev–Trinajstić information content (AvgIpc) is 2.85. The number of anilines is 1. The van der Waals surface area contributed by atoms with Gasteiger partial charge in [-0.3, -0.25) is 9.59 Å². The first-order valence-electron chi connectivity index (χ1n) is 9.80. The van der Waals surface area contributed by atoms with Crippen LogP contribution < -0.4 is 5.32 Å². The van der Waals surface area contributed by atoms with Crippen LogP contribution in [0.3, 0.4) is 0 Å². The molecule has 3 aromatic rings. The van der Waals surface area contributed by atoms with E-state index in [0.717, 1.165) is 5.56 Å². The van der Waals surface area contributed by atoms with Crippen molar-refractivity contribution in [3.8, 4) is 0 Å². The number of hydrogen-bond acceptors (Lipinski definition) is 3. The fraction of sp³-hybridized carbons (Fsp3) is 0.125. The van der Waals surface area contributed by atoms with Gasteiger partial charge in [-0.1, -0.05) is 53.5 Å². The third-order valence-electron chi connectivity index (χ3n) is 5.33. The molecule has 1 heterocycles. The summed E-state index contributed by atoms with van der Waals surface area (Å²) in [5.74, 6) is -1.74. The topological polar surface area (TPSA) is 86.7 Å². The van der Waals surface area contributed by atoms with Gasteiger partial charge in [0.25, 0.3) is 5.91 Å². The van der Waals surface area contributed by atoms with E-state index < -0.39 is 12.0 Å². The predicted molar refractivity (Wildman–Crippen MR) is 122 cm³/mol. The highest BCUT2D eigenvalue weighted by Gasteiger charge is 2.36. The van der Waals surface area contributed by atoms with Crippen molar-refractivity contribution in [2.75, 3.05) is 5.32 Å². The van der Waals surface area contributed by atoms with E-state index in [1.165, 1.54) is 17.0 Å². The van der Waals surface area contributed by atoms with Gasteiger partial charge in [0, 0.05) is 23.0 Å². The molecule has 0 aliphatic carbocycles. The number of halogens is 2. The van der Waals surface area contributed by atoms with Crippen molar-refractivity contribution in [2.45, 2.75) is 19.0 Å². The van der Waals surface area contributed by atoms with Crippen molar-refractivity contribution in [1.82, 2.24) is 4.90 Å². The Bertz CT molecular complexity index is 1210. The van der Waals surface area contributed by atoms with Crippen LogP contribution in [0.1, 0.15) is 31.8 Å². The molecule has 6 nitrogen and oxygen atoms in total. The summed E-state index contributed by atoms with van der Waals surface area (Å²) in [6.07, 6.45) is 0.214. The standard InChI is InChI=1S/C24H18Cl2N2O4/c25-17-9-10-18-20(12-17)27-22(29)21(11-16-3-1-2-4-19(16)26)28(23(18)30)13-14-5-7-15(8-6-14)24(31)32/h1-10,12,21H,11,13H2,(H,27,29)(H,31,32)/t21-/m1/s1. The molecule has 0 bridgehead atoms. The van der Waals surface area contributed by atoms with Crippen LogP contribution in [0.15, 0.2) is 66.7 Å². The van der Waals surface area contributed by atoms with Crippen molar-refractivity contribution in [1.29, 1.82) is 0 Å². The van der Waals surface area contributed by atoms with Gasteiger partial charge in [0.15, 0.2) is 0 Å². The van der Waals surface area contributed by atoms with Crippen molar-refractivity contribution in [3.05, 3.63) is 99.0 Å². The average molecular weight is 469 g/mol. The molecule has 3 aromatic carbocycles. The van der Waals surface area contributed by atoms with Gasteiger partial charge in [-0.15, -0.1) is 0 Å². The first-order chi connectivity index (χ1) is 15.3. The number of carbonyl (C=O) groups is 3. The largest absolute Gasteiger partial charge is 0.478 e. The molecule has 0 aromatic heterocycles. The van der Waals surface area contributed by atoms with Gasteiger partial charge in [0.2, 0.25) is 5.91 Å². The fourth-order valence-corrected chi connectivity index (χ4v) is 4.05. The van der Waals surface area contributed by atoms with Crippen molar-refractivity contribution < 1.29 is 19.5 Å². The molecule has 32 heavy (non-hydrogen) atoms. The summed E-state index contributed by atoms with van der Waals surface area (Å²) in [4.78, 5) is 39.4. The maximum absolute atomic E-state index is 13.5. The second-order valence-electron chi connectivity index (χ2n) is 7.43. The lowest BCUT2D eigenvalue weighted by Gasteiger charge is -2.29. The summed E-state index contributed by atoms with van der Waals surface area (Å²) in [6.45, 7) is 0.114. The van der Waals surface area contributed by atoms with E-state index in [2.05, 4.69) is 5.32 Å². The van der Waals surface area contributed by atoms with Gasteiger partial charge in [0.05, 0.1) is 16.8 Å². The lowest BCUT2D eigenvalue weighted by atomic mass is 10.0. The van der Waals surface area contributed by atoms with E-state index in [4.69, 9.17) is 28.3 Å². The molecule has 1 aliphatic rings. The van der Waals surface area contributed by atoms with Crippen LogP contribution in [-0.2, 0) is 17.8 Å². The zero-order valence-electron chi connectivity index (χ0n) is 16.7. The van der Waals surface area contributed by atoms with Crippen LogP contribution in [0, 0.1) is 0 Å². The quantitative estimate of drug-likeness (QED) is 0.557. The van der Waals surface area contributed by atoms with E-state index in [0.29, 0.717) is 26.9 Å². The number of carbonyl (C=O) groups excluding carboxylic acids is 2. The van der Waals surface area contributed by atoms with Crippen LogP contribution in [0.2, 0.25) is 10.0 Å². The zero-order chi connectivity index (χ0) is 22.8. The number of hydrogen-bond donors (Lipinski definition) is 2. The maximum Gasteiger partial charge on any atom is 0.335 e. The summed E-state index contributed by atoms with van der Waals surface area (Å²) in [5, 5.41) is 12.9. The van der Waals surface area contributed by atoms with E-state index in [1.807, 2.05) is 12.1 Å². The monoisotopic (exact) mass is 468 g/mol. The highest BCUT2D eigenvalue weighted by molar-refractivity contribution is 6.31. The van der Waals surface area contributed by atoms with E-state index in [1.54, 1.807) is 42.5 Å². The van der Waals surface area contributed by atoms with Crippen LogP contribution in [0.25, 0.3) is 0 Å². The maximum atomic E-state index is 13.5. The Kier molecular flexibility index (Phi) is 6.17. The third-order valence-corrected chi connectivity index (χ3v) is 5.94. The van der Waals surface area contributed by atoms with Crippen LogP contribution in [0.4, 0.5) is 5.69 Å². The van der Waals surface area contributed by atoms with Gasteiger partial charge < -0.3 is 15.3 Å². The number of nitrogens with zero attached hydrogens (tertiary/aromatic N) is 1. The van der Waals surface area contributed by atoms with Gasteiger partial charge in [-0.05, 0) is 47.5 Å². The molecule has 162 valence electrons. The first-order valence-corrected chi connectivity index (χ1v) is 10.6. The number of nitrogens with one attached hydrogen (secondary N) is 1. The molecule has 0 fully saturated rings. The molecule has 8 heteroatoms. The van der Waals surface area contributed by atoms with Crippen molar-refractivity contribution >= 4 is 46.7 Å². The minimum absolute atomic E-state index is 0.114. The minimum atomic E-state index is -1.04. The van der Waals surface area contributed by atoms with Crippen LogP contribution >= 0.6 is 23.2 Å². The Labute approximate surface area is 194 Å². The van der Waals surface area contributed by atoms with Crippen LogP contribution in [-0.4, -0.2) is 33.8 Å². The molecule has 4 rings (SSSR count). The number of rotatable bonds is 5. The van der Waals surface area contributed by atoms with Crippen molar-refractivity contribution in [2.24, 2.45) is 0 Å². The lowest BCUT2D eigenvalue weighted by molar-refractivity contribution is -0.120. The molecular formula is C24H18Cl2N2O4. The molecule has 0 saturated heterocycles. The highest BCUT2D eigenvalue weighted by Crippen LogP contribution is 2.29. The molecule has 0 spiro atoms. The minimum Gasteiger partial charge on any atom is -0.478 e. The summed E-state index contributed by atoms with van der Waals surface area (Å²) in [6, 6.07) is 17.3. The van der Waals surface area contributed by atoms with Crippen molar-refractivity contribution in [3.63, 3.8) is 0 Å². The smallest absolute Gasteiger partial charge is 0.335 e. The van der Waals surface area contributed by atoms with E-state index in [9.17, 15) is 14.4 Å². The van der Waals surface area contributed by atoms with Gasteiger partial charge in [-0.25, -0.2) is 4.79 Å². The van der Waals surface area contributed by atoms with E-state index in [-0.39, 0.29) is 30.3 Å². The second-order valence-corrected chi connectivity index (χ2v) is 8.27. The summed E-state index contributed by atoms with van der Waals surface area (Å²) in [5.41, 5.74) is 2.24. The number of aromatic carboxylic acids is 1. The zero-order valence-corrected chi connectivity index (χ0v) is 18.2. The number of carboxylic acid groups (broad SMARTS) is 1. The fourth-order valence-electron chi connectivity index (χ4n) is 3.67. The summed E-state index contributed by atoms with van der Waals surface area (Å²) < 4.78 is 0. The van der Waals surface area contributed by atoms with Gasteiger partial charge >= 0.3 is 5.97 Å². The first kappa shape index (κ1) is 21.9. The lowest BCUT2D eigenvalue weighted by Crippen LogP contribution is -2.46. The van der Waals surface area contributed by atoms with Gasteiger partial charge in [0.1, 0.15) is 6.04 Å². The second kappa shape index (κ2) is 9.02. The Balaban J connectivity index is 1.74. The number of benzene rings is 3. The predicted octanol–water partition coefficient (Wildman–Crippen LogP) is 4.90. The number of fused-ring (bicyclic) bond motifs is 1. The molecular weight excluding hydrogens is 451 g/mol. The summed E-state index contributed by atoms with van der Waals surface area (Å²) in [7, 11) is 0. The Morgan fingerprint density at radius 2 is 1.72 bits per heavy atom. The van der Waals surface area contributed by atoms with Crippen LogP contribution in [0.5, 0.6) is 0 Å².